The van der Waals surface area contributed by atoms with Crippen LogP contribution in [0.4, 0.5) is 13.2 Å². The SMILES string of the molecule is C=CCc1cc(C=Nn2c(-c3cccc(C(F)(F)F)c3)nc3ccccc3c2=O)cc(OCC)c1OCc1ccc(Cl)cc1. The van der Waals surface area contributed by atoms with Crippen LogP contribution in [0, 0.1) is 0 Å². The smallest absolute Gasteiger partial charge is 0.416 e. The van der Waals surface area contributed by atoms with Crippen molar-refractivity contribution in [3.8, 4) is 22.9 Å². The minimum Gasteiger partial charge on any atom is -0.490 e. The summed E-state index contributed by atoms with van der Waals surface area (Å²) in [6.07, 6.45) is -0.960. The van der Waals surface area contributed by atoms with Gasteiger partial charge in [0, 0.05) is 16.1 Å². The zero-order valence-corrected chi connectivity index (χ0v) is 24.4. The maximum absolute atomic E-state index is 13.6. The maximum Gasteiger partial charge on any atom is 0.416 e. The van der Waals surface area contributed by atoms with Crippen LogP contribution in [0.3, 0.4) is 0 Å². The number of nitrogens with zero attached hydrogens (tertiary/aromatic N) is 3. The number of para-hydroxylation sites is 1. The van der Waals surface area contributed by atoms with Crippen molar-refractivity contribution >= 4 is 28.7 Å². The van der Waals surface area contributed by atoms with Gasteiger partial charge in [0.05, 0.1) is 29.3 Å². The van der Waals surface area contributed by atoms with Gasteiger partial charge in [-0.05, 0) is 73.0 Å². The Kier molecular flexibility index (Phi) is 9.15. The number of benzene rings is 4. The molecular weight excluding hydrogens is 591 g/mol. The number of alkyl halides is 3. The van der Waals surface area contributed by atoms with Crippen LogP contribution in [0.2, 0.25) is 5.02 Å². The van der Waals surface area contributed by atoms with Crippen molar-refractivity contribution in [3.63, 3.8) is 0 Å². The van der Waals surface area contributed by atoms with Crippen LogP contribution < -0.4 is 15.0 Å². The van der Waals surface area contributed by atoms with E-state index in [0.717, 1.165) is 27.9 Å². The van der Waals surface area contributed by atoms with Crippen molar-refractivity contribution in [2.75, 3.05) is 6.61 Å². The monoisotopic (exact) mass is 617 g/mol. The summed E-state index contributed by atoms with van der Waals surface area (Å²) in [5, 5.41) is 5.32. The number of hydrogen-bond acceptors (Lipinski definition) is 5. The minimum atomic E-state index is -4.57. The second kappa shape index (κ2) is 13.2. The van der Waals surface area contributed by atoms with E-state index < -0.39 is 17.3 Å². The summed E-state index contributed by atoms with van der Waals surface area (Å²) in [6.45, 7) is 6.33. The molecule has 0 aliphatic carbocycles. The summed E-state index contributed by atoms with van der Waals surface area (Å²) in [7, 11) is 0. The molecule has 1 aromatic heterocycles. The highest BCUT2D eigenvalue weighted by Gasteiger charge is 2.31. The Hall–Kier alpha value is -4.89. The number of hydrogen-bond donors (Lipinski definition) is 0. The number of rotatable bonds is 10. The highest BCUT2D eigenvalue weighted by molar-refractivity contribution is 6.30. The van der Waals surface area contributed by atoms with E-state index in [1.165, 1.54) is 18.3 Å². The molecule has 0 fully saturated rings. The third-order valence-electron chi connectivity index (χ3n) is 6.64. The molecule has 0 spiro atoms. The van der Waals surface area contributed by atoms with Gasteiger partial charge in [0.25, 0.3) is 5.56 Å². The first-order valence-electron chi connectivity index (χ1n) is 13.7. The van der Waals surface area contributed by atoms with Gasteiger partial charge in [-0.25, -0.2) is 4.98 Å². The third-order valence-corrected chi connectivity index (χ3v) is 6.89. The molecule has 0 aliphatic heterocycles. The quantitative estimate of drug-likeness (QED) is 0.117. The van der Waals surface area contributed by atoms with Gasteiger partial charge in [0.2, 0.25) is 0 Å². The lowest BCUT2D eigenvalue weighted by Gasteiger charge is -2.17. The number of ether oxygens (including phenoxy) is 2. The van der Waals surface area contributed by atoms with Gasteiger partial charge in [0.15, 0.2) is 17.3 Å². The Morgan fingerprint density at radius 1 is 1.00 bits per heavy atom. The number of aromatic nitrogens is 2. The highest BCUT2D eigenvalue weighted by Crippen LogP contribution is 2.35. The van der Waals surface area contributed by atoms with E-state index in [4.69, 9.17) is 21.1 Å². The van der Waals surface area contributed by atoms with Crippen molar-refractivity contribution < 1.29 is 22.6 Å². The van der Waals surface area contributed by atoms with Gasteiger partial charge in [-0.3, -0.25) is 4.79 Å². The maximum atomic E-state index is 13.6. The molecule has 10 heteroatoms. The van der Waals surface area contributed by atoms with Crippen LogP contribution in [0.15, 0.2) is 107 Å². The number of halogens is 4. The Bertz CT molecular complexity index is 1900. The lowest BCUT2D eigenvalue weighted by Crippen LogP contribution is -2.20. The molecule has 0 amide bonds. The molecule has 5 aromatic rings. The normalized spacial score (nSPS) is 11.7. The lowest BCUT2D eigenvalue weighted by atomic mass is 10.1. The van der Waals surface area contributed by atoms with Gasteiger partial charge in [-0.1, -0.05) is 54.1 Å². The Morgan fingerprint density at radius 3 is 2.50 bits per heavy atom. The standard InChI is InChI=1S/C34H27ClF3N3O3/c1-3-8-24-17-23(18-30(43-4-2)31(24)44-21-22-13-15-27(35)16-14-22)20-39-41-32(25-9-7-10-26(19-25)34(36,37)38)40-29-12-6-5-11-28(29)33(41)42/h3,5-7,9-20H,1,4,8,21H2,2H3. The van der Waals surface area contributed by atoms with Crippen molar-refractivity contribution in [2.45, 2.75) is 26.1 Å². The van der Waals surface area contributed by atoms with Gasteiger partial charge >= 0.3 is 6.18 Å². The van der Waals surface area contributed by atoms with E-state index >= 15 is 0 Å². The molecule has 5 rings (SSSR count). The topological polar surface area (TPSA) is 65.7 Å². The number of allylic oxidation sites excluding steroid dienone is 1. The molecule has 224 valence electrons. The summed E-state index contributed by atoms with van der Waals surface area (Å²) in [4.78, 5) is 18.1. The first-order valence-corrected chi connectivity index (χ1v) is 14.1. The van der Waals surface area contributed by atoms with Crippen molar-refractivity contribution in [1.29, 1.82) is 0 Å². The van der Waals surface area contributed by atoms with E-state index in [-0.39, 0.29) is 23.4 Å². The molecule has 1 heterocycles. The van der Waals surface area contributed by atoms with Crippen LogP contribution >= 0.6 is 11.6 Å². The number of fused-ring (bicyclic) bond motifs is 1. The average Bonchev–Trinajstić information content (AvgIpc) is 3.01. The fraction of sp³-hybridized carbons (Fsp3) is 0.147. The van der Waals surface area contributed by atoms with Crippen molar-refractivity contribution in [3.05, 3.63) is 135 Å². The van der Waals surface area contributed by atoms with E-state index in [1.54, 1.807) is 48.5 Å². The van der Waals surface area contributed by atoms with E-state index in [1.807, 2.05) is 25.1 Å². The average molecular weight is 618 g/mol. The molecule has 0 bridgehead atoms. The molecule has 0 unspecified atom stereocenters. The van der Waals surface area contributed by atoms with E-state index in [2.05, 4.69) is 16.7 Å². The molecule has 6 nitrogen and oxygen atoms in total. The first-order chi connectivity index (χ1) is 21.2. The zero-order valence-electron chi connectivity index (χ0n) is 23.6. The van der Waals surface area contributed by atoms with Crippen LogP contribution in [0.1, 0.15) is 29.2 Å². The summed E-state index contributed by atoms with van der Waals surface area (Å²) >= 11 is 6.01. The van der Waals surface area contributed by atoms with Crippen LogP contribution in [-0.4, -0.2) is 22.5 Å². The Morgan fingerprint density at radius 2 is 1.77 bits per heavy atom. The molecule has 44 heavy (non-hydrogen) atoms. The van der Waals surface area contributed by atoms with E-state index in [0.29, 0.717) is 40.6 Å². The zero-order chi connectivity index (χ0) is 31.3. The van der Waals surface area contributed by atoms with Crippen LogP contribution in [-0.2, 0) is 19.2 Å². The molecule has 0 saturated heterocycles. The van der Waals surface area contributed by atoms with Gasteiger partial charge in [-0.2, -0.15) is 22.9 Å². The molecular formula is C34H27ClF3N3O3. The van der Waals surface area contributed by atoms with Crippen LogP contribution in [0.5, 0.6) is 11.5 Å². The van der Waals surface area contributed by atoms with Gasteiger partial charge in [-0.15, -0.1) is 6.58 Å². The van der Waals surface area contributed by atoms with E-state index in [9.17, 15) is 18.0 Å². The summed E-state index contributed by atoms with van der Waals surface area (Å²) in [5.41, 5.74) is 1.29. The molecule has 0 N–H and O–H groups in total. The Balaban J connectivity index is 1.59. The predicted molar refractivity (Wildman–Crippen MR) is 167 cm³/mol. The molecule has 0 radical (unpaired) electrons. The largest absolute Gasteiger partial charge is 0.490 e. The fourth-order valence-electron chi connectivity index (χ4n) is 4.60. The highest BCUT2D eigenvalue weighted by atomic mass is 35.5. The lowest BCUT2D eigenvalue weighted by molar-refractivity contribution is -0.137. The molecule has 0 atom stereocenters. The second-order valence-electron chi connectivity index (χ2n) is 9.74. The van der Waals surface area contributed by atoms with Crippen molar-refractivity contribution in [1.82, 2.24) is 9.66 Å². The second-order valence-corrected chi connectivity index (χ2v) is 10.2. The van der Waals surface area contributed by atoms with Gasteiger partial charge < -0.3 is 9.47 Å². The summed E-state index contributed by atoms with van der Waals surface area (Å²) < 4.78 is 53.7. The minimum absolute atomic E-state index is 0.0321. The molecule has 4 aromatic carbocycles. The van der Waals surface area contributed by atoms with Crippen LogP contribution in [0.25, 0.3) is 22.3 Å². The Labute approximate surface area is 256 Å². The fourth-order valence-corrected chi connectivity index (χ4v) is 4.73. The van der Waals surface area contributed by atoms with Crippen molar-refractivity contribution in [2.24, 2.45) is 5.10 Å². The molecule has 0 aliphatic rings. The molecule has 0 saturated carbocycles. The summed E-state index contributed by atoms with van der Waals surface area (Å²) in [5.74, 6) is 0.965. The van der Waals surface area contributed by atoms with Gasteiger partial charge in [0.1, 0.15) is 6.61 Å². The first kappa shape index (κ1) is 30.6. The third kappa shape index (κ3) is 6.84. The predicted octanol–water partition coefficient (Wildman–Crippen LogP) is 8.32. The summed E-state index contributed by atoms with van der Waals surface area (Å²) in [6, 6.07) is 22.1.